The standard InChI is InChI=1S/C23H28ClN3O4/c1-14(2)21(22(28)25-18-7-5-17(24)6-8-18)26-23(29)27-10-9-15-11-19(30-3)20(31-4)12-16(15)13-27/h5-8,11-12,14,21H,9-10,13H2,1-4H3,(H,25,28)(H,26,29). The first-order valence-electron chi connectivity index (χ1n) is 10.2. The molecule has 0 saturated heterocycles. The Morgan fingerprint density at radius 1 is 1.03 bits per heavy atom. The molecule has 0 bridgehead atoms. The minimum atomic E-state index is -0.671. The monoisotopic (exact) mass is 445 g/mol. The molecule has 0 spiro atoms. The van der Waals surface area contributed by atoms with Gasteiger partial charge in [-0.05, 0) is 59.9 Å². The second kappa shape index (κ2) is 9.92. The quantitative estimate of drug-likeness (QED) is 0.701. The molecule has 8 heteroatoms. The number of benzene rings is 2. The summed E-state index contributed by atoms with van der Waals surface area (Å²) in [6.07, 6.45) is 0.701. The van der Waals surface area contributed by atoms with Gasteiger partial charge in [-0.25, -0.2) is 4.79 Å². The predicted molar refractivity (Wildman–Crippen MR) is 121 cm³/mol. The summed E-state index contributed by atoms with van der Waals surface area (Å²) in [5.74, 6) is 0.955. The lowest BCUT2D eigenvalue weighted by Crippen LogP contribution is -2.52. The van der Waals surface area contributed by atoms with Gasteiger partial charge < -0.3 is 25.0 Å². The van der Waals surface area contributed by atoms with Crippen LogP contribution in [-0.4, -0.2) is 43.6 Å². The molecule has 1 aliphatic heterocycles. The zero-order chi connectivity index (χ0) is 22.5. The van der Waals surface area contributed by atoms with Gasteiger partial charge in [-0.15, -0.1) is 0 Å². The number of hydrogen-bond donors (Lipinski definition) is 2. The third kappa shape index (κ3) is 5.41. The number of nitrogens with one attached hydrogen (secondary N) is 2. The Bertz CT molecular complexity index is 947. The first-order valence-corrected chi connectivity index (χ1v) is 10.6. The molecule has 2 aromatic carbocycles. The zero-order valence-corrected chi connectivity index (χ0v) is 19.0. The number of anilines is 1. The van der Waals surface area contributed by atoms with E-state index in [2.05, 4.69) is 10.6 Å². The van der Waals surface area contributed by atoms with Crippen LogP contribution < -0.4 is 20.1 Å². The summed E-state index contributed by atoms with van der Waals surface area (Å²) in [4.78, 5) is 27.5. The normalized spacial score (nSPS) is 13.9. The van der Waals surface area contributed by atoms with E-state index in [1.54, 1.807) is 43.4 Å². The van der Waals surface area contributed by atoms with Crippen LogP contribution >= 0.6 is 11.6 Å². The van der Waals surface area contributed by atoms with Crippen LogP contribution in [0.5, 0.6) is 11.5 Å². The molecular weight excluding hydrogens is 418 g/mol. The fourth-order valence-electron chi connectivity index (χ4n) is 3.57. The highest BCUT2D eigenvalue weighted by atomic mass is 35.5. The Hall–Kier alpha value is -2.93. The van der Waals surface area contributed by atoms with Crippen molar-refractivity contribution in [3.63, 3.8) is 0 Å². The van der Waals surface area contributed by atoms with Crippen LogP contribution in [0.4, 0.5) is 10.5 Å². The van der Waals surface area contributed by atoms with Gasteiger partial charge in [0.1, 0.15) is 6.04 Å². The number of halogens is 1. The van der Waals surface area contributed by atoms with Crippen LogP contribution in [-0.2, 0) is 17.8 Å². The number of hydrogen-bond acceptors (Lipinski definition) is 4. The molecule has 1 atom stereocenters. The summed E-state index contributed by atoms with van der Waals surface area (Å²) in [5.41, 5.74) is 2.76. The highest BCUT2D eigenvalue weighted by Crippen LogP contribution is 2.33. The smallest absolute Gasteiger partial charge is 0.318 e. The minimum Gasteiger partial charge on any atom is -0.493 e. The maximum Gasteiger partial charge on any atom is 0.318 e. The molecule has 7 nitrogen and oxygen atoms in total. The lowest BCUT2D eigenvalue weighted by Gasteiger charge is -2.32. The van der Waals surface area contributed by atoms with Crippen molar-refractivity contribution in [3.05, 3.63) is 52.5 Å². The van der Waals surface area contributed by atoms with Crippen molar-refractivity contribution in [2.75, 3.05) is 26.1 Å². The Balaban J connectivity index is 1.68. The van der Waals surface area contributed by atoms with Crippen molar-refractivity contribution in [2.45, 2.75) is 32.9 Å². The molecule has 166 valence electrons. The predicted octanol–water partition coefficient (Wildman–Crippen LogP) is 4.09. The number of rotatable bonds is 6. The molecule has 1 aliphatic rings. The van der Waals surface area contributed by atoms with Gasteiger partial charge in [0.15, 0.2) is 11.5 Å². The molecule has 0 saturated carbocycles. The third-order valence-electron chi connectivity index (χ3n) is 5.35. The van der Waals surface area contributed by atoms with Crippen molar-refractivity contribution in [1.29, 1.82) is 0 Å². The molecule has 2 N–H and O–H groups in total. The molecule has 0 aromatic heterocycles. The number of methoxy groups -OCH3 is 2. The van der Waals surface area contributed by atoms with Crippen LogP contribution in [0.1, 0.15) is 25.0 Å². The van der Waals surface area contributed by atoms with E-state index in [0.717, 1.165) is 11.1 Å². The van der Waals surface area contributed by atoms with E-state index >= 15 is 0 Å². The largest absolute Gasteiger partial charge is 0.493 e. The number of ether oxygens (including phenoxy) is 2. The molecule has 3 rings (SSSR count). The van der Waals surface area contributed by atoms with E-state index in [-0.39, 0.29) is 17.9 Å². The third-order valence-corrected chi connectivity index (χ3v) is 5.60. The van der Waals surface area contributed by atoms with E-state index in [1.807, 2.05) is 26.0 Å². The van der Waals surface area contributed by atoms with Crippen LogP contribution in [0.25, 0.3) is 0 Å². The van der Waals surface area contributed by atoms with Crippen molar-refractivity contribution in [2.24, 2.45) is 5.92 Å². The van der Waals surface area contributed by atoms with Gasteiger partial charge in [0.25, 0.3) is 0 Å². The number of nitrogens with zero attached hydrogens (tertiary/aromatic N) is 1. The molecular formula is C23H28ClN3O4. The molecule has 0 fully saturated rings. The van der Waals surface area contributed by atoms with Gasteiger partial charge in [-0.2, -0.15) is 0 Å². The molecule has 1 unspecified atom stereocenters. The summed E-state index contributed by atoms with van der Waals surface area (Å²) in [6, 6.07) is 9.77. The first-order chi connectivity index (χ1) is 14.8. The highest BCUT2D eigenvalue weighted by Gasteiger charge is 2.29. The summed E-state index contributed by atoms with van der Waals surface area (Å²) in [7, 11) is 3.19. The summed E-state index contributed by atoms with van der Waals surface area (Å²) in [5, 5.41) is 6.32. The Labute approximate surface area is 187 Å². The molecule has 31 heavy (non-hydrogen) atoms. The number of carbonyl (C=O) groups excluding carboxylic acids is 2. The lowest BCUT2D eigenvalue weighted by atomic mass is 9.99. The average Bonchev–Trinajstić information content (AvgIpc) is 2.77. The summed E-state index contributed by atoms with van der Waals surface area (Å²) in [6.45, 7) is 4.78. The molecule has 3 amide bonds. The fourth-order valence-corrected chi connectivity index (χ4v) is 3.70. The molecule has 2 aromatic rings. The summed E-state index contributed by atoms with van der Waals surface area (Å²) < 4.78 is 10.8. The number of carbonyl (C=O) groups is 2. The number of fused-ring (bicyclic) bond motifs is 1. The zero-order valence-electron chi connectivity index (χ0n) is 18.2. The van der Waals surface area contributed by atoms with Crippen molar-refractivity contribution in [1.82, 2.24) is 10.2 Å². The van der Waals surface area contributed by atoms with Crippen molar-refractivity contribution < 1.29 is 19.1 Å². The van der Waals surface area contributed by atoms with Crippen LogP contribution in [0.15, 0.2) is 36.4 Å². The molecule has 0 radical (unpaired) electrons. The minimum absolute atomic E-state index is 0.0855. The lowest BCUT2D eigenvalue weighted by molar-refractivity contribution is -0.118. The van der Waals surface area contributed by atoms with Crippen LogP contribution in [0.3, 0.4) is 0 Å². The highest BCUT2D eigenvalue weighted by molar-refractivity contribution is 6.30. The van der Waals surface area contributed by atoms with E-state index < -0.39 is 6.04 Å². The van der Waals surface area contributed by atoms with Crippen molar-refractivity contribution in [3.8, 4) is 11.5 Å². The van der Waals surface area contributed by atoms with Gasteiger partial charge in [0, 0.05) is 23.8 Å². The Morgan fingerprint density at radius 2 is 1.65 bits per heavy atom. The second-order valence-electron chi connectivity index (χ2n) is 7.81. The van der Waals surface area contributed by atoms with E-state index in [0.29, 0.717) is 41.7 Å². The van der Waals surface area contributed by atoms with E-state index in [1.165, 1.54) is 0 Å². The Morgan fingerprint density at radius 3 is 2.23 bits per heavy atom. The maximum absolute atomic E-state index is 13.0. The Kier molecular flexibility index (Phi) is 7.28. The number of urea groups is 1. The average molecular weight is 446 g/mol. The first kappa shape index (κ1) is 22.7. The maximum atomic E-state index is 13.0. The SMILES string of the molecule is COc1cc2c(cc1OC)CN(C(=O)NC(C(=O)Nc1ccc(Cl)cc1)C(C)C)CC2. The van der Waals surface area contributed by atoms with Crippen LogP contribution in [0, 0.1) is 5.92 Å². The summed E-state index contributed by atoms with van der Waals surface area (Å²) >= 11 is 5.90. The molecule has 1 heterocycles. The van der Waals surface area contributed by atoms with Crippen LogP contribution in [0.2, 0.25) is 5.02 Å². The van der Waals surface area contributed by atoms with Gasteiger partial charge in [-0.1, -0.05) is 25.4 Å². The number of amides is 3. The topological polar surface area (TPSA) is 79.9 Å². The van der Waals surface area contributed by atoms with E-state index in [4.69, 9.17) is 21.1 Å². The van der Waals surface area contributed by atoms with E-state index in [9.17, 15) is 9.59 Å². The molecule has 0 aliphatic carbocycles. The van der Waals surface area contributed by atoms with Gasteiger partial charge in [0.05, 0.1) is 14.2 Å². The van der Waals surface area contributed by atoms with Gasteiger partial charge in [-0.3, -0.25) is 4.79 Å². The van der Waals surface area contributed by atoms with Crippen molar-refractivity contribution >= 4 is 29.2 Å². The van der Waals surface area contributed by atoms with Gasteiger partial charge in [0.2, 0.25) is 5.91 Å². The second-order valence-corrected chi connectivity index (χ2v) is 8.25. The van der Waals surface area contributed by atoms with Gasteiger partial charge >= 0.3 is 6.03 Å². The fraction of sp³-hybridized carbons (Fsp3) is 0.391.